The van der Waals surface area contributed by atoms with Crippen LogP contribution in [0.2, 0.25) is 10.0 Å². The van der Waals surface area contributed by atoms with Crippen LogP contribution in [0.15, 0.2) is 79.3 Å². The van der Waals surface area contributed by atoms with Crippen LogP contribution in [0.4, 0.5) is 5.69 Å². The zero-order chi connectivity index (χ0) is 19.5. The molecule has 4 aromatic rings. The van der Waals surface area contributed by atoms with E-state index < -0.39 is 0 Å². The first-order chi connectivity index (χ1) is 13.6. The van der Waals surface area contributed by atoms with Gasteiger partial charge in [-0.15, -0.1) is 0 Å². The van der Waals surface area contributed by atoms with Gasteiger partial charge in [0, 0.05) is 29.2 Å². The largest absolute Gasteiger partial charge is 0.320 e. The van der Waals surface area contributed by atoms with Crippen molar-refractivity contribution < 1.29 is 4.79 Å². The summed E-state index contributed by atoms with van der Waals surface area (Å²) in [6.45, 7) is 0. The van der Waals surface area contributed by atoms with Gasteiger partial charge in [0.25, 0.3) is 5.91 Å². The van der Waals surface area contributed by atoms with Gasteiger partial charge in [0.1, 0.15) is 5.69 Å². The number of hydrogen-bond acceptors (Lipinski definition) is 3. The molecular formula is C21H14Cl2N4O. The van der Waals surface area contributed by atoms with Crippen molar-refractivity contribution in [1.82, 2.24) is 14.8 Å². The summed E-state index contributed by atoms with van der Waals surface area (Å²) in [7, 11) is 0. The van der Waals surface area contributed by atoms with Crippen molar-refractivity contribution in [2.45, 2.75) is 0 Å². The molecule has 0 saturated carbocycles. The molecule has 0 bridgehead atoms. The molecule has 0 radical (unpaired) electrons. The number of para-hydroxylation sites is 1. The third kappa shape index (κ3) is 3.76. The van der Waals surface area contributed by atoms with Gasteiger partial charge in [0.15, 0.2) is 0 Å². The molecule has 2 aromatic heterocycles. The number of carbonyl (C=O) groups excluding carboxylic acids is 1. The molecule has 0 aliphatic heterocycles. The van der Waals surface area contributed by atoms with Gasteiger partial charge in [0.2, 0.25) is 0 Å². The van der Waals surface area contributed by atoms with E-state index in [-0.39, 0.29) is 5.91 Å². The molecule has 2 heterocycles. The highest BCUT2D eigenvalue weighted by atomic mass is 35.5. The first-order valence-corrected chi connectivity index (χ1v) is 9.19. The first-order valence-electron chi connectivity index (χ1n) is 8.44. The summed E-state index contributed by atoms with van der Waals surface area (Å²) in [6, 6.07) is 18.1. The van der Waals surface area contributed by atoms with E-state index in [1.54, 1.807) is 47.5 Å². The van der Waals surface area contributed by atoms with E-state index in [9.17, 15) is 4.79 Å². The second kappa shape index (κ2) is 7.84. The average molecular weight is 409 g/mol. The third-order valence-corrected chi connectivity index (χ3v) is 4.66. The molecule has 0 unspecified atom stereocenters. The molecule has 0 spiro atoms. The van der Waals surface area contributed by atoms with Gasteiger partial charge in [-0.25, -0.2) is 4.68 Å². The average Bonchev–Trinajstić information content (AvgIpc) is 3.18. The summed E-state index contributed by atoms with van der Waals surface area (Å²) in [5, 5.41) is 8.30. The Morgan fingerprint density at radius 3 is 2.57 bits per heavy atom. The highest BCUT2D eigenvalue weighted by Crippen LogP contribution is 2.28. The van der Waals surface area contributed by atoms with Crippen LogP contribution in [0, 0.1) is 0 Å². The first kappa shape index (κ1) is 18.2. The number of carbonyl (C=O) groups is 1. The van der Waals surface area contributed by atoms with Crippen molar-refractivity contribution in [3.8, 4) is 16.9 Å². The van der Waals surface area contributed by atoms with Crippen LogP contribution in [0.3, 0.4) is 0 Å². The quantitative estimate of drug-likeness (QED) is 0.485. The van der Waals surface area contributed by atoms with Crippen molar-refractivity contribution in [3.05, 3.63) is 94.9 Å². The number of rotatable bonds is 4. The summed E-state index contributed by atoms with van der Waals surface area (Å²) in [5.74, 6) is -0.342. The van der Waals surface area contributed by atoms with E-state index in [0.29, 0.717) is 27.0 Å². The zero-order valence-corrected chi connectivity index (χ0v) is 16.0. The van der Waals surface area contributed by atoms with Gasteiger partial charge in [-0.2, -0.15) is 5.10 Å². The van der Waals surface area contributed by atoms with Crippen LogP contribution < -0.4 is 5.32 Å². The van der Waals surface area contributed by atoms with E-state index in [1.807, 2.05) is 36.4 Å². The number of amides is 1. The minimum Gasteiger partial charge on any atom is -0.320 e. The summed E-state index contributed by atoms with van der Waals surface area (Å²) in [5.41, 5.74) is 2.93. The SMILES string of the molecule is O=C(Nc1cc(Cl)ccc1Cl)c1cn(-c2ccccc2)nc1-c1cccnc1. The molecule has 28 heavy (non-hydrogen) atoms. The molecule has 2 aromatic carbocycles. The maximum absolute atomic E-state index is 13.0. The van der Waals surface area contributed by atoms with Gasteiger partial charge < -0.3 is 5.32 Å². The molecular weight excluding hydrogens is 395 g/mol. The Morgan fingerprint density at radius 2 is 1.82 bits per heavy atom. The standard InChI is InChI=1S/C21H14Cl2N4O/c22-15-8-9-18(23)19(11-15)25-21(28)17-13-27(16-6-2-1-3-7-16)26-20(17)14-5-4-10-24-12-14/h1-13H,(H,25,28). The Bertz CT molecular complexity index is 1130. The fourth-order valence-corrected chi connectivity index (χ4v) is 3.09. The van der Waals surface area contributed by atoms with E-state index >= 15 is 0 Å². The Hall–Kier alpha value is -3.15. The van der Waals surface area contributed by atoms with E-state index in [2.05, 4.69) is 15.4 Å². The topological polar surface area (TPSA) is 59.8 Å². The van der Waals surface area contributed by atoms with Crippen LogP contribution in [-0.4, -0.2) is 20.7 Å². The summed E-state index contributed by atoms with van der Waals surface area (Å²) in [4.78, 5) is 17.2. The molecule has 138 valence electrons. The monoisotopic (exact) mass is 408 g/mol. The molecule has 0 fully saturated rings. The predicted molar refractivity (Wildman–Crippen MR) is 111 cm³/mol. The Labute approximate surface area is 171 Å². The van der Waals surface area contributed by atoms with Crippen molar-refractivity contribution in [2.24, 2.45) is 0 Å². The number of anilines is 1. The van der Waals surface area contributed by atoms with Crippen LogP contribution in [0.5, 0.6) is 0 Å². The summed E-state index contributed by atoms with van der Waals surface area (Å²) in [6.07, 6.45) is 5.02. The Morgan fingerprint density at radius 1 is 1.00 bits per heavy atom. The molecule has 0 atom stereocenters. The second-order valence-electron chi connectivity index (χ2n) is 5.99. The van der Waals surface area contributed by atoms with Crippen molar-refractivity contribution in [3.63, 3.8) is 0 Å². The summed E-state index contributed by atoms with van der Waals surface area (Å²) >= 11 is 12.2. The van der Waals surface area contributed by atoms with Gasteiger partial charge in [-0.05, 0) is 42.5 Å². The molecule has 5 nitrogen and oxygen atoms in total. The Kier molecular flexibility index (Phi) is 5.10. The van der Waals surface area contributed by atoms with Gasteiger partial charge in [0.05, 0.1) is 22.0 Å². The molecule has 0 aliphatic rings. The molecule has 0 aliphatic carbocycles. The molecule has 0 saturated heterocycles. The lowest BCUT2D eigenvalue weighted by atomic mass is 10.1. The predicted octanol–water partition coefficient (Wildman–Crippen LogP) is 5.49. The fourth-order valence-electron chi connectivity index (χ4n) is 2.75. The lowest BCUT2D eigenvalue weighted by Crippen LogP contribution is -2.12. The molecule has 7 heteroatoms. The lowest BCUT2D eigenvalue weighted by molar-refractivity contribution is 0.102. The zero-order valence-electron chi connectivity index (χ0n) is 14.5. The highest BCUT2D eigenvalue weighted by Gasteiger charge is 2.20. The Balaban J connectivity index is 1.77. The van der Waals surface area contributed by atoms with Crippen LogP contribution in [-0.2, 0) is 0 Å². The minimum absolute atomic E-state index is 0.342. The number of hydrogen-bond donors (Lipinski definition) is 1. The third-order valence-electron chi connectivity index (χ3n) is 4.09. The fraction of sp³-hybridized carbons (Fsp3) is 0. The molecule has 1 amide bonds. The molecule has 4 rings (SSSR count). The summed E-state index contributed by atoms with van der Waals surface area (Å²) < 4.78 is 1.66. The van der Waals surface area contributed by atoms with Crippen molar-refractivity contribution in [1.29, 1.82) is 0 Å². The van der Waals surface area contributed by atoms with E-state index in [0.717, 1.165) is 11.3 Å². The molecule has 1 N–H and O–H groups in total. The number of benzene rings is 2. The smallest absolute Gasteiger partial charge is 0.259 e. The van der Waals surface area contributed by atoms with Gasteiger partial charge in [-0.1, -0.05) is 41.4 Å². The minimum atomic E-state index is -0.342. The lowest BCUT2D eigenvalue weighted by Gasteiger charge is -2.07. The van der Waals surface area contributed by atoms with Crippen LogP contribution in [0.25, 0.3) is 16.9 Å². The number of pyridine rings is 1. The second-order valence-corrected chi connectivity index (χ2v) is 6.84. The maximum atomic E-state index is 13.0. The maximum Gasteiger partial charge on any atom is 0.259 e. The normalized spacial score (nSPS) is 10.6. The number of nitrogens with zero attached hydrogens (tertiary/aromatic N) is 3. The van der Waals surface area contributed by atoms with Gasteiger partial charge in [-0.3, -0.25) is 9.78 Å². The number of nitrogens with one attached hydrogen (secondary N) is 1. The van der Waals surface area contributed by atoms with E-state index in [4.69, 9.17) is 23.2 Å². The van der Waals surface area contributed by atoms with Crippen molar-refractivity contribution >= 4 is 34.8 Å². The van der Waals surface area contributed by atoms with Crippen LogP contribution in [0.1, 0.15) is 10.4 Å². The van der Waals surface area contributed by atoms with Gasteiger partial charge >= 0.3 is 0 Å². The van der Waals surface area contributed by atoms with Crippen LogP contribution >= 0.6 is 23.2 Å². The highest BCUT2D eigenvalue weighted by molar-refractivity contribution is 6.36. The van der Waals surface area contributed by atoms with E-state index in [1.165, 1.54) is 0 Å². The number of halogens is 2. The number of aromatic nitrogens is 3. The van der Waals surface area contributed by atoms with Crippen molar-refractivity contribution in [2.75, 3.05) is 5.32 Å².